The molecule has 7 nitrogen and oxygen atoms in total. The fourth-order valence-corrected chi connectivity index (χ4v) is 4.53. The Hall–Kier alpha value is -3.06. The molecule has 0 saturated heterocycles. The predicted octanol–water partition coefficient (Wildman–Crippen LogP) is 1.74. The summed E-state index contributed by atoms with van der Waals surface area (Å²) in [6.45, 7) is 7.65. The lowest BCUT2D eigenvalue weighted by Gasteiger charge is -2.41. The fraction of sp³-hybridized carbons (Fsp3) is 0.391. The second-order valence-electron chi connectivity index (χ2n) is 7.54. The van der Waals surface area contributed by atoms with Gasteiger partial charge < -0.3 is 19.3 Å². The number of para-hydroxylation sites is 1. The maximum absolute atomic E-state index is 13.6. The van der Waals surface area contributed by atoms with Crippen molar-refractivity contribution < 1.29 is 24.0 Å². The highest BCUT2D eigenvalue weighted by atomic mass is 16.5. The molecule has 0 spiro atoms. The summed E-state index contributed by atoms with van der Waals surface area (Å²) in [6.07, 6.45) is -0.482. The maximum atomic E-state index is 13.6. The van der Waals surface area contributed by atoms with Crippen LogP contribution in [0.5, 0.6) is 11.5 Å². The molecule has 0 unspecified atom stereocenters. The van der Waals surface area contributed by atoms with Gasteiger partial charge in [-0.2, -0.15) is 0 Å². The van der Waals surface area contributed by atoms with Crippen LogP contribution in [0.25, 0.3) is 0 Å². The lowest BCUT2D eigenvalue weighted by atomic mass is 10.0. The predicted molar refractivity (Wildman–Crippen MR) is 113 cm³/mol. The van der Waals surface area contributed by atoms with E-state index in [2.05, 4.69) is 13.8 Å². The molecule has 2 amide bonds. The smallest absolute Gasteiger partial charge is 0.264 e. The Kier molecular flexibility index (Phi) is 5.39. The Balaban J connectivity index is 1.86. The first kappa shape index (κ1) is 20.2. The second-order valence-corrected chi connectivity index (χ2v) is 7.54. The first-order chi connectivity index (χ1) is 14.6. The number of ether oxygens (including phenoxy) is 2. The summed E-state index contributed by atoms with van der Waals surface area (Å²) in [4.78, 5) is 32.0. The number of carbonyl (C=O) groups excluding carboxylic acids is 2. The highest BCUT2D eigenvalue weighted by molar-refractivity contribution is 6.18. The van der Waals surface area contributed by atoms with Gasteiger partial charge in [-0.15, -0.1) is 0 Å². The zero-order valence-corrected chi connectivity index (χ0v) is 17.9. The van der Waals surface area contributed by atoms with Crippen molar-refractivity contribution in [2.45, 2.75) is 20.0 Å². The number of anilines is 1. The van der Waals surface area contributed by atoms with Crippen LogP contribution in [0, 0.1) is 0 Å². The number of benzene rings is 2. The van der Waals surface area contributed by atoms with Gasteiger partial charge in [-0.25, -0.2) is 0 Å². The molecule has 0 saturated carbocycles. The van der Waals surface area contributed by atoms with Crippen LogP contribution in [0.15, 0.2) is 36.4 Å². The number of rotatable bonds is 7. The van der Waals surface area contributed by atoms with Gasteiger partial charge in [0.05, 0.1) is 57.2 Å². The van der Waals surface area contributed by atoms with Crippen LogP contribution in [-0.2, 0) is 0 Å². The van der Waals surface area contributed by atoms with Gasteiger partial charge in [-0.1, -0.05) is 18.2 Å². The molecule has 7 heteroatoms. The van der Waals surface area contributed by atoms with E-state index in [1.807, 2.05) is 29.2 Å². The van der Waals surface area contributed by atoms with Crippen molar-refractivity contribution >= 4 is 17.5 Å². The molecule has 2 aromatic carbocycles. The Morgan fingerprint density at radius 2 is 1.70 bits per heavy atom. The van der Waals surface area contributed by atoms with Gasteiger partial charge in [0.25, 0.3) is 11.8 Å². The van der Waals surface area contributed by atoms with Crippen LogP contribution in [0.4, 0.5) is 5.69 Å². The van der Waals surface area contributed by atoms with Crippen molar-refractivity contribution in [1.29, 1.82) is 0 Å². The number of nitrogens with zero attached hydrogens (tertiary/aromatic N) is 2. The SMILES string of the molecule is CC[NH+](CC)CCN1C(=O)c2ccccc2N2C(=O)c3c(ccc(OC)c3OC)[C@H]12. The first-order valence-corrected chi connectivity index (χ1v) is 10.4. The van der Waals surface area contributed by atoms with Gasteiger partial charge in [0.15, 0.2) is 11.5 Å². The summed E-state index contributed by atoms with van der Waals surface area (Å²) < 4.78 is 11.0. The molecule has 2 aromatic rings. The summed E-state index contributed by atoms with van der Waals surface area (Å²) in [5.41, 5.74) is 2.43. The molecule has 0 radical (unpaired) electrons. The Bertz CT molecular complexity index is 986. The molecule has 1 atom stereocenters. The normalized spacial score (nSPS) is 17.2. The number of carbonyl (C=O) groups is 2. The number of nitrogens with one attached hydrogen (secondary N) is 1. The van der Waals surface area contributed by atoms with E-state index < -0.39 is 6.17 Å². The summed E-state index contributed by atoms with van der Waals surface area (Å²) in [5, 5.41) is 0. The molecule has 2 aliphatic rings. The Morgan fingerprint density at radius 1 is 0.967 bits per heavy atom. The van der Waals surface area contributed by atoms with E-state index in [4.69, 9.17) is 9.47 Å². The maximum Gasteiger partial charge on any atom is 0.264 e. The number of quaternary nitrogens is 1. The van der Waals surface area contributed by atoms with Crippen LogP contribution < -0.4 is 19.3 Å². The van der Waals surface area contributed by atoms with Crippen molar-refractivity contribution in [2.24, 2.45) is 0 Å². The van der Waals surface area contributed by atoms with Gasteiger partial charge in [0.1, 0.15) is 6.17 Å². The van der Waals surface area contributed by atoms with E-state index in [1.54, 1.807) is 24.1 Å². The van der Waals surface area contributed by atoms with Crippen molar-refractivity contribution in [1.82, 2.24) is 4.90 Å². The van der Waals surface area contributed by atoms with Gasteiger partial charge in [0.2, 0.25) is 0 Å². The minimum Gasteiger partial charge on any atom is -0.493 e. The van der Waals surface area contributed by atoms with Crippen LogP contribution in [0.3, 0.4) is 0 Å². The minimum absolute atomic E-state index is 0.0474. The molecule has 0 bridgehead atoms. The molecular formula is C23H28N3O4+. The lowest BCUT2D eigenvalue weighted by molar-refractivity contribution is -0.895. The second kappa shape index (κ2) is 7.99. The molecule has 0 fully saturated rings. The van der Waals surface area contributed by atoms with E-state index >= 15 is 0 Å². The highest BCUT2D eigenvalue weighted by Crippen LogP contribution is 2.49. The van der Waals surface area contributed by atoms with Crippen molar-refractivity contribution in [3.05, 3.63) is 53.1 Å². The highest BCUT2D eigenvalue weighted by Gasteiger charge is 2.49. The zero-order chi connectivity index (χ0) is 21.4. The van der Waals surface area contributed by atoms with E-state index in [1.165, 1.54) is 12.0 Å². The number of likely N-dealkylation sites (N-methyl/N-ethyl adjacent to an activating group) is 1. The van der Waals surface area contributed by atoms with E-state index in [9.17, 15) is 9.59 Å². The Morgan fingerprint density at radius 3 is 2.37 bits per heavy atom. The third kappa shape index (κ3) is 2.92. The molecule has 2 aliphatic heterocycles. The van der Waals surface area contributed by atoms with Gasteiger partial charge >= 0.3 is 0 Å². The summed E-state index contributed by atoms with van der Waals surface area (Å²) in [5.74, 6) is 0.691. The van der Waals surface area contributed by atoms with Crippen molar-refractivity contribution in [2.75, 3.05) is 45.3 Å². The molecule has 1 N–H and O–H groups in total. The standard InChI is InChI=1S/C23H27N3O4/c1-5-24(6-2)13-14-25-21-16-11-12-18(29-3)20(30-4)19(16)23(28)26(21)17-10-8-7-9-15(17)22(25)27/h7-12,21H,5-6,13-14H2,1-4H3/p+1/t21-/m1/s1. The Labute approximate surface area is 176 Å². The molecule has 158 valence electrons. The third-order valence-corrected chi connectivity index (χ3v) is 6.19. The largest absolute Gasteiger partial charge is 0.493 e. The average Bonchev–Trinajstić information content (AvgIpc) is 3.08. The molecule has 2 heterocycles. The molecule has 0 aromatic heterocycles. The quantitative estimate of drug-likeness (QED) is 0.755. The van der Waals surface area contributed by atoms with Crippen LogP contribution >= 0.6 is 0 Å². The van der Waals surface area contributed by atoms with Crippen LogP contribution in [0.1, 0.15) is 46.3 Å². The first-order valence-electron chi connectivity index (χ1n) is 10.4. The monoisotopic (exact) mass is 410 g/mol. The summed E-state index contributed by atoms with van der Waals surface area (Å²) in [6, 6.07) is 11.0. The molecule has 0 aliphatic carbocycles. The van der Waals surface area contributed by atoms with Crippen LogP contribution in [0.2, 0.25) is 0 Å². The van der Waals surface area contributed by atoms with Crippen molar-refractivity contribution in [3.63, 3.8) is 0 Å². The number of hydrogen-bond donors (Lipinski definition) is 1. The van der Waals surface area contributed by atoms with Gasteiger partial charge in [0, 0.05) is 5.56 Å². The van der Waals surface area contributed by atoms with Crippen LogP contribution in [-0.4, -0.2) is 57.1 Å². The van der Waals surface area contributed by atoms with Gasteiger partial charge in [-0.3, -0.25) is 14.5 Å². The zero-order valence-electron chi connectivity index (χ0n) is 17.9. The summed E-state index contributed by atoms with van der Waals surface area (Å²) in [7, 11) is 3.08. The topological polar surface area (TPSA) is 63.5 Å². The number of hydrogen-bond acceptors (Lipinski definition) is 4. The van der Waals surface area contributed by atoms with E-state index in [-0.39, 0.29) is 11.8 Å². The van der Waals surface area contributed by atoms with Gasteiger partial charge in [-0.05, 0) is 32.0 Å². The number of fused-ring (bicyclic) bond motifs is 5. The number of methoxy groups -OCH3 is 2. The number of amides is 2. The molecule has 30 heavy (non-hydrogen) atoms. The minimum atomic E-state index is -0.482. The fourth-order valence-electron chi connectivity index (χ4n) is 4.53. The van der Waals surface area contributed by atoms with E-state index in [0.29, 0.717) is 34.9 Å². The summed E-state index contributed by atoms with van der Waals surface area (Å²) >= 11 is 0. The van der Waals surface area contributed by atoms with Crippen molar-refractivity contribution in [3.8, 4) is 11.5 Å². The third-order valence-electron chi connectivity index (χ3n) is 6.19. The van der Waals surface area contributed by atoms with E-state index in [0.717, 1.165) is 25.2 Å². The molecular weight excluding hydrogens is 382 g/mol. The average molecular weight is 410 g/mol. The lowest BCUT2D eigenvalue weighted by Crippen LogP contribution is -3.12. The molecule has 4 rings (SSSR count).